The molecule has 1 aromatic heterocycles. The Kier molecular flexibility index (Phi) is 6.33. The number of rotatable bonds is 6. The monoisotopic (exact) mass is 460 g/mol. The topological polar surface area (TPSA) is 69.0 Å². The summed E-state index contributed by atoms with van der Waals surface area (Å²) in [5, 5.41) is 4.32. The van der Waals surface area contributed by atoms with Gasteiger partial charge in [0.05, 0.1) is 23.2 Å². The lowest BCUT2D eigenvalue weighted by Crippen LogP contribution is -2.24. The van der Waals surface area contributed by atoms with Crippen LogP contribution < -0.4 is 5.56 Å². The van der Waals surface area contributed by atoms with Gasteiger partial charge >= 0.3 is 0 Å². The lowest BCUT2D eigenvalue weighted by Gasteiger charge is -2.12. The van der Waals surface area contributed by atoms with E-state index < -0.39 is 15.7 Å². The fraction of sp³-hybridized carbons (Fsp3) is 0.0769. The number of hydrogen-bond donors (Lipinski definition) is 0. The number of hydrogen-bond acceptors (Lipinski definition) is 4. The fourth-order valence-electron chi connectivity index (χ4n) is 3.47. The Morgan fingerprint density at radius 1 is 0.909 bits per heavy atom. The molecule has 0 bridgehead atoms. The zero-order valence-corrected chi connectivity index (χ0v) is 18.7. The molecule has 5 nitrogen and oxygen atoms in total. The van der Waals surface area contributed by atoms with Crippen LogP contribution in [-0.4, -0.2) is 24.5 Å². The van der Waals surface area contributed by atoms with Crippen LogP contribution in [0.3, 0.4) is 0 Å². The first-order valence-electron chi connectivity index (χ1n) is 10.2. The molecule has 4 rings (SSSR count). The van der Waals surface area contributed by atoms with Crippen molar-refractivity contribution in [3.63, 3.8) is 0 Å². The summed E-state index contributed by atoms with van der Waals surface area (Å²) in [5.41, 5.74) is 2.76. The van der Waals surface area contributed by atoms with E-state index in [2.05, 4.69) is 5.10 Å². The first kappa shape index (κ1) is 22.4. The first-order valence-corrected chi connectivity index (χ1v) is 12.1. The van der Waals surface area contributed by atoms with Crippen molar-refractivity contribution in [2.24, 2.45) is 0 Å². The van der Waals surface area contributed by atoms with Gasteiger partial charge in [-0.05, 0) is 41.0 Å². The third kappa shape index (κ3) is 5.15. The average molecular weight is 461 g/mol. The highest BCUT2D eigenvalue weighted by Crippen LogP contribution is 2.29. The van der Waals surface area contributed by atoms with Gasteiger partial charge in [-0.15, -0.1) is 0 Å². The minimum Gasteiger partial charge on any atom is -0.267 e. The summed E-state index contributed by atoms with van der Waals surface area (Å²) in [4.78, 5) is 13.6. The third-order valence-electron chi connectivity index (χ3n) is 5.16. The number of benzene rings is 3. The molecule has 0 aliphatic carbocycles. The summed E-state index contributed by atoms with van der Waals surface area (Å²) in [7, 11) is -3.35. The van der Waals surface area contributed by atoms with Crippen molar-refractivity contribution in [1.29, 1.82) is 0 Å². The lowest BCUT2D eigenvalue weighted by atomic mass is 9.97. The van der Waals surface area contributed by atoms with Gasteiger partial charge in [-0.25, -0.2) is 17.5 Å². The van der Waals surface area contributed by atoms with Crippen molar-refractivity contribution in [2.75, 3.05) is 6.26 Å². The third-order valence-corrected chi connectivity index (χ3v) is 6.29. The van der Waals surface area contributed by atoms with Crippen LogP contribution in [0.2, 0.25) is 0 Å². The number of halogens is 1. The van der Waals surface area contributed by atoms with Gasteiger partial charge < -0.3 is 0 Å². The van der Waals surface area contributed by atoms with Gasteiger partial charge in [0.15, 0.2) is 9.84 Å². The summed E-state index contributed by atoms with van der Waals surface area (Å²) in [5.74, 6) is -0.405. The molecule has 0 saturated carbocycles. The van der Waals surface area contributed by atoms with Gasteiger partial charge in [-0.1, -0.05) is 66.7 Å². The van der Waals surface area contributed by atoms with Crippen LogP contribution in [0.15, 0.2) is 101 Å². The molecule has 4 aromatic rings. The van der Waals surface area contributed by atoms with Crippen molar-refractivity contribution in [1.82, 2.24) is 9.78 Å². The highest BCUT2D eigenvalue weighted by atomic mass is 32.2. The Morgan fingerprint density at radius 2 is 1.55 bits per heavy atom. The lowest BCUT2D eigenvalue weighted by molar-refractivity contribution is 0.602. The van der Waals surface area contributed by atoms with Gasteiger partial charge in [0.25, 0.3) is 5.56 Å². The van der Waals surface area contributed by atoms with E-state index >= 15 is 0 Å². The summed E-state index contributed by atoms with van der Waals surface area (Å²) in [6, 6.07) is 21.7. The number of aromatic nitrogens is 2. The van der Waals surface area contributed by atoms with E-state index in [0.29, 0.717) is 22.3 Å². The second-order valence-corrected chi connectivity index (χ2v) is 9.55. The SMILES string of the molecule is CS(=O)(=O)c1ccc(-c2cnn(CC=Cc3ccccc3)c(=O)c2-c2ccc(F)cc2)cc1. The van der Waals surface area contributed by atoms with Crippen LogP contribution >= 0.6 is 0 Å². The van der Waals surface area contributed by atoms with Gasteiger partial charge in [0.1, 0.15) is 5.82 Å². The van der Waals surface area contributed by atoms with Gasteiger partial charge in [-0.2, -0.15) is 5.10 Å². The molecule has 0 unspecified atom stereocenters. The molecule has 1 heterocycles. The second-order valence-electron chi connectivity index (χ2n) is 7.54. The van der Waals surface area contributed by atoms with E-state index in [1.165, 1.54) is 28.9 Å². The molecule has 0 spiro atoms. The predicted molar refractivity (Wildman–Crippen MR) is 128 cm³/mol. The standard InChI is InChI=1S/C26H21FN2O3S/c1-33(31,32)23-15-11-20(12-16-23)24-18-28-29(17-5-8-19-6-3-2-4-7-19)26(30)25(24)21-9-13-22(27)14-10-21/h2-16,18H,17H2,1H3. The number of allylic oxidation sites excluding steroid dienone is 1. The van der Waals surface area contributed by atoms with Crippen LogP contribution in [0.4, 0.5) is 4.39 Å². The Labute approximate surface area is 191 Å². The minimum atomic E-state index is -3.35. The molecule has 0 fully saturated rings. The molecule has 0 N–H and O–H groups in total. The van der Waals surface area contributed by atoms with E-state index in [9.17, 15) is 17.6 Å². The molecular weight excluding hydrogens is 439 g/mol. The quantitative estimate of drug-likeness (QED) is 0.413. The van der Waals surface area contributed by atoms with Gasteiger partial charge in [0.2, 0.25) is 0 Å². The van der Waals surface area contributed by atoms with E-state index in [4.69, 9.17) is 0 Å². The predicted octanol–water partition coefficient (Wildman–Crippen LogP) is 4.83. The minimum absolute atomic E-state index is 0.182. The Hall–Kier alpha value is -3.84. The summed E-state index contributed by atoms with van der Waals surface area (Å²) < 4.78 is 38.5. The maximum atomic E-state index is 13.5. The maximum Gasteiger partial charge on any atom is 0.275 e. The number of sulfone groups is 1. The van der Waals surface area contributed by atoms with E-state index in [-0.39, 0.29) is 17.0 Å². The first-order chi connectivity index (χ1) is 15.8. The smallest absolute Gasteiger partial charge is 0.267 e. The molecule has 0 amide bonds. The van der Waals surface area contributed by atoms with Crippen molar-refractivity contribution in [3.8, 4) is 22.3 Å². The summed E-state index contributed by atoms with van der Waals surface area (Å²) in [6.45, 7) is 0.259. The van der Waals surface area contributed by atoms with Crippen molar-refractivity contribution >= 4 is 15.9 Å². The van der Waals surface area contributed by atoms with Crippen molar-refractivity contribution < 1.29 is 12.8 Å². The highest BCUT2D eigenvalue weighted by Gasteiger charge is 2.16. The fourth-order valence-corrected chi connectivity index (χ4v) is 4.10. The van der Waals surface area contributed by atoms with Gasteiger partial charge in [0, 0.05) is 11.8 Å². The van der Waals surface area contributed by atoms with Crippen molar-refractivity contribution in [3.05, 3.63) is 113 Å². The molecule has 0 saturated heterocycles. The van der Waals surface area contributed by atoms with E-state index in [1.807, 2.05) is 42.5 Å². The van der Waals surface area contributed by atoms with Crippen LogP contribution in [0, 0.1) is 5.82 Å². The molecule has 7 heteroatoms. The Bertz CT molecular complexity index is 1460. The zero-order valence-electron chi connectivity index (χ0n) is 17.9. The van der Waals surface area contributed by atoms with Crippen molar-refractivity contribution in [2.45, 2.75) is 11.4 Å². The number of nitrogens with zero attached hydrogens (tertiary/aromatic N) is 2. The molecule has 166 valence electrons. The molecule has 0 aliphatic rings. The zero-order chi connectivity index (χ0) is 23.4. The molecule has 3 aromatic carbocycles. The molecule has 0 atom stereocenters. The normalized spacial score (nSPS) is 11.7. The molecule has 0 aliphatic heterocycles. The average Bonchev–Trinajstić information content (AvgIpc) is 2.81. The molecule has 0 radical (unpaired) electrons. The van der Waals surface area contributed by atoms with Gasteiger partial charge in [-0.3, -0.25) is 4.79 Å². The maximum absolute atomic E-state index is 13.5. The highest BCUT2D eigenvalue weighted by molar-refractivity contribution is 7.90. The van der Waals surface area contributed by atoms with Crippen LogP contribution in [0.5, 0.6) is 0 Å². The Balaban J connectivity index is 1.78. The molecular formula is C26H21FN2O3S. The van der Waals surface area contributed by atoms with Crippen LogP contribution in [-0.2, 0) is 16.4 Å². The molecule has 33 heavy (non-hydrogen) atoms. The van der Waals surface area contributed by atoms with E-state index in [1.54, 1.807) is 30.5 Å². The summed E-state index contributed by atoms with van der Waals surface area (Å²) >= 11 is 0. The second kappa shape index (κ2) is 9.34. The van der Waals surface area contributed by atoms with E-state index in [0.717, 1.165) is 11.8 Å². The Morgan fingerprint density at radius 3 is 2.18 bits per heavy atom. The van der Waals surface area contributed by atoms with Crippen LogP contribution in [0.25, 0.3) is 28.3 Å². The van der Waals surface area contributed by atoms with Crippen LogP contribution in [0.1, 0.15) is 5.56 Å². The summed E-state index contributed by atoms with van der Waals surface area (Å²) in [6.07, 6.45) is 6.46. The largest absolute Gasteiger partial charge is 0.275 e.